The maximum absolute atomic E-state index is 12.7. The summed E-state index contributed by atoms with van der Waals surface area (Å²) in [5.41, 5.74) is 1.38. The molecule has 0 aromatic heterocycles. The van der Waals surface area contributed by atoms with Crippen LogP contribution >= 0.6 is 15.9 Å². The molecule has 0 saturated heterocycles. The molecule has 5 atom stereocenters. The van der Waals surface area contributed by atoms with Crippen LogP contribution in [0, 0.1) is 5.41 Å². The molecule has 0 aliphatic carbocycles. The number of nitrogens with one attached hydrogen (secondary N) is 2. The van der Waals surface area contributed by atoms with Crippen LogP contribution in [0.3, 0.4) is 0 Å². The number of anilines is 1. The molecule has 1 aliphatic heterocycles. The topological polar surface area (TPSA) is 128 Å². The van der Waals surface area contributed by atoms with Gasteiger partial charge in [-0.05, 0) is 42.0 Å². The molecule has 1 heterocycles. The highest BCUT2D eigenvalue weighted by molar-refractivity contribution is 9.10. The van der Waals surface area contributed by atoms with Gasteiger partial charge in [0.2, 0.25) is 5.91 Å². The van der Waals surface area contributed by atoms with Crippen molar-refractivity contribution in [3.63, 3.8) is 0 Å². The number of aliphatic hydroxyl groups excluding tert-OH is 3. The van der Waals surface area contributed by atoms with Crippen LogP contribution in [0.25, 0.3) is 0 Å². The SMILES string of the molecule is CO[C@@H](C(=O)NC1CCc2cc(Br)ccc2NC1=O)[C@H](O)[C@@H](O)[C@H](O)/C=C/C(C)(C)C. The van der Waals surface area contributed by atoms with Gasteiger partial charge >= 0.3 is 0 Å². The minimum absolute atomic E-state index is 0.232. The van der Waals surface area contributed by atoms with Gasteiger partial charge in [-0.1, -0.05) is 48.9 Å². The lowest BCUT2D eigenvalue weighted by molar-refractivity contribution is -0.150. The Morgan fingerprint density at radius 1 is 1.29 bits per heavy atom. The van der Waals surface area contributed by atoms with Crippen LogP contribution in [-0.2, 0) is 20.7 Å². The smallest absolute Gasteiger partial charge is 0.252 e. The van der Waals surface area contributed by atoms with Crippen molar-refractivity contribution < 1.29 is 29.6 Å². The van der Waals surface area contributed by atoms with Gasteiger partial charge in [-0.25, -0.2) is 0 Å². The first-order valence-corrected chi connectivity index (χ1v) is 10.9. The summed E-state index contributed by atoms with van der Waals surface area (Å²) in [6.45, 7) is 5.75. The number of rotatable bonds is 7. The molecule has 2 amide bonds. The van der Waals surface area contributed by atoms with Gasteiger partial charge in [0.1, 0.15) is 24.4 Å². The fraction of sp³-hybridized carbons (Fsp3) is 0.545. The Morgan fingerprint density at radius 2 is 1.97 bits per heavy atom. The second-order valence-electron chi connectivity index (χ2n) is 8.74. The number of halogens is 1. The second-order valence-corrected chi connectivity index (χ2v) is 9.66. The third kappa shape index (κ3) is 7.11. The quantitative estimate of drug-likeness (QED) is 0.362. The summed E-state index contributed by atoms with van der Waals surface area (Å²) < 4.78 is 5.97. The zero-order valence-electron chi connectivity index (χ0n) is 18.1. The van der Waals surface area contributed by atoms with Crippen molar-refractivity contribution in [3.05, 3.63) is 40.4 Å². The van der Waals surface area contributed by atoms with E-state index >= 15 is 0 Å². The highest BCUT2D eigenvalue weighted by atomic mass is 79.9. The van der Waals surface area contributed by atoms with Gasteiger partial charge < -0.3 is 30.7 Å². The Hall–Kier alpha value is -1.78. The molecule has 1 aromatic rings. The first-order valence-electron chi connectivity index (χ1n) is 10.1. The molecule has 2 rings (SSSR count). The third-order valence-corrected chi connectivity index (χ3v) is 5.47. The summed E-state index contributed by atoms with van der Waals surface area (Å²) in [5.74, 6) is -1.14. The Labute approximate surface area is 190 Å². The van der Waals surface area contributed by atoms with E-state index in [1.54, 1.807) is 12.1 Å². The van der Waals surface area contributed by atoms with Crippen molar-refractivity contribution >= 4 is 33.4 Å². The molecule has 31 heavy (non-hydrogen) atoms. The zero-order valence-corrected chi connectivity index (χ0v) is 19.7. The minimum atomic E-state index is -1.70. The molecular weight excluding hydrogens is 468 g/mol. The lowest BCUT2D eigenvalue weighted by Crippen LogP contribution is -2.55. The van der Waals surface area contributed by atoms with Crippen molar-refractivity contribution in [2.75, 3.05) is 12.4 Å². The maximum Gasteiger partial charge on any atom is 0.252 e. The van der Waals surface area contributed by atoms with E-state index < -0.39 is 36.4 Å². The monoisotopic (exact) mass is 498 g/mol. The molecule has 172 valence electrons. The number of carbonyl (C=O) groups is 2. The molecule has 1 aromatic carbocycles. The molecule has 8 nitrogen and oxygen atoms in total. The predicted octanol–water partition coefficient (Wildman–Crippen LogP) is 1.52. The summed E-state index contributed by atoms with van der Waals surface area (Å²) in [6.07, 6.45) is -2.25. The van der Waals surface area contributed by atoms with Crippen molar-refractivity contribution in [1.82, 2.24) is 5.32 Å². The Bertz CT molecular complexity index is 823. The summed E-state index contributed by atoms with van der Waals surface area (Å²) in [6, 6.07) is 4.67. The minimum Gasteiger partial charge on any atom is -0.387 e. The number of carbonyl (C=O) groups excluding carboxylic acids is 2. The summed E-state index contributed by atoms with van der Waals surface area (Å²) in [4.78, 5) is 25.3. The van der Waals surface area contributed by atoms with E-state index in [9.17, 15) is 24.9 Å². The van der Waals surface area contributed by atoms with Crippen molar-refractivity contribution in [2.45, 2.75) is 64.1 Å². The number of amides is 2. The van der Waals surface area contributed by atoms with Crippen LogP contribution in [0.15, 0.2) is 34.8 Å². The van der Waals surface area contributed by atoms with Crippen LogP contribution in [0.4, 0.5) is 5.69 Å². The standard InChI is InChI=1S/C22H31BrN2O6/c1-22(2,3)10-9-16(26)17(27)18(28)19(31-4)21(30)25-15-7-5-12-11-13(23)6-8-14(12)24-20(15)29/h6,8-11,15-19,26-28H,5,7H2,1-4H3,(H,24,29)(H,25,30)/b10-9+/t15?,16-,17+,18-,19-/m1/s1. The average Bonchev–Trinajstić information content (AvgIpc) is 2.84. The Morgan fingerprint density at radius 3 is 2.58 bits per heavy atom. The van der Waals surface area contributed by atoms with Crippen LogP contribution in [0.1, 0.15) is 32.8 Å². The fourth-order valence-electron chi connectivity index (χ4n) is 3.22. The van der Waals surface area contributed by atoms with Crippen LogP contribution in [0.5, 0.6) is 0 Å². The number of aliphatic hydroxyl groups is 3. The molecular formula is C22H31BrN2O6. The van der Waals surface area contributed by atoms with E-state index in [0.717, 1.165) is 10.0 Å². The number of benzene rings is 1. The van der Waals surface area contributed by atoms with Gasteiger partial charge in [0.05, 0.1) is 0 Å². The predicted molar refractivity (Wildman–Crippen MR) is 120 cm³/mol. The molecule has 1 aliphatic rings. The third-order valence-electron chi connectivity index (χ3n) is 4.98. The van der Waals surface area contributed by atoms with Gasteiger partial charge in [-0.3, -0.25) is 9.59 Å². The van der Waals surface area contributed by atoms with Gasteiger partial charge in [0.15, 0.2) is 6.10 Å². The van der Waals surface area contributed by atoms with Crippen LogP contribution in [-0.4, -0.2) is 64.7 Å². The lowest BCUT2D eigenvalue weighted by atomic mass is 9.94. The normalized spacial score (nSPS) is 20.9. The first kappa shape index (κ1) is 25.5. The molecule has 1 unspecified atom stereocenters. The Kier molecular flexibility index (Phi) is 8.79. The van der Waals surface area contributed by atoms with E-state index in [2.05, 4.69) is 26.6 Å². The highest BCUT2D eigenvalue weighted by Gasteiger charge is 2.37. The molecule has 0 spiro atoms. The second kappa shape index (κ2) is 10.7. The first-order chi connectivity index (χ1) is 14.4. The number of aryl methyl sites for hydroxylation is 1. The molecule has 9 heteroatoms. The zero-order chi connectivity index (χ0) is 23.3. The van der Waals surface area contributed by atoms with E-state index in [1.165, 1.54) is 13.2 Å². The summed E-state index contributed by atoms with van der Waals surface area (Å²) in [5, 5.41) is 36.2. The number of hydrogen-bond donors (Lipinski definition) is 5. The largest absolute Gasteiger partial charge is 0.387 e. The molecule has 0 bridgehead atoms. The molecule has 0 saturated carbocycles. The molecule has 0 fully saturated rings. The lowest BCUT2D eigenvalue weighted by Gasteiger charge is -2.28. The molecule has 0 radical (unpaired) electrons. The summed E-state index contributed by atoms with van der Waals surface area (Å²) in [7, 11) is 1.21. The van der Waals surface area contributed by atoms with Gasteiger partial charge in [-0.2, -0.15) is 0 Å². The van der Waals surface area contributed by atoms with E-state index in [0.29, 0.717) is 18.5 Å². The fourth-order valence-corrected chi connectivity index (χ4v) is 3.63. The summed E-state index contributed by atoms with van der Waals surface area (Å²) >= 11 is 3.40. The van der Waals surface area contributed by atoms with Gasteiger partial charge in [0, 0.05) is 17.3 Å². The maximum atomic E-state index is 12.7. The van der Waals surface area contributed by atoms with Crippen LogP contribution in [0.2, 0.25) is 0 Å². The highest BCUT2D eigenvalue weighted by Crippen LogP contribution is 2.26. The van der Waals surface area contributed by atoms with Crippen molar-refractivity contribution in [2.24, 2.45) is 5.41 Å². The van der Waals surface area contributed by atoms with Crippen molar-refractivity contribution in [1.29, 1.82) is 0 Å². The number of methoxy groups -OCH3 is 1. The average molecular weight is 499 g/mol. The Balaban J connectivity index is 2.05. The van der Waals surface area contributed by atoms with E-state index in [1.807, 2.05) is 32.9 Å². The van der Waals surface area contributed by atoms with Crippen molar-refractivity contribution in [3.8, 4) is 0 Å². The number of ether oxygens (including phenoxy) is 1. The van der Waals surface area contributed by atoms with Crippen LogP contribution < -0.4 is 10.6 Å². The number of hydrogen-bond acceptors (Lipinski definition) is 6. The van der Waals surface area contributed by atoms with E-state index in [-0.39, 0.29) is 11.3 Å². The van der Waals surface area contributed by atoms with Gasteiger partial charge in [0.25, 0.3) is 5.91 Å². The molecule has 5 N–H and O–H groups in total. The van der Waals surface area contributed by atoms with E-state index in [4.69, 9.17) is 4.74 Å². The number of allylic oxidation sites excluding steroid dienone is 1. The number of fused-ring (bicyclic) bond motifs is 1. The van der Waals surface area contributed by atoms with Gasteiger partial charge in [-0.15, -0.1) is 0 Å².